The second-order valence-corrected chi connectivity index (χ2v) is 10.1. The van der Waals surface area contributed by atoms with E-state index in [9.17, 15) is 4.79 Å². The molecule has 3 heterocycles. The highest BCUT2D eigenvalue weighted by atomic mass is 32.1. The normalized spacial score (nSPS) is 19.4. The third-order valence-corrected chi connectivity index (χ3v) is 7.48. The number of carbonyl (C=O) groups excluding carboxylic acids is 1. The summed E-state index contributed by atoms with van der Waals surface area (Å²) in [5.41, 5.74) is 3.09. The molecule has 1 N–H and O–H groups in total. The SMILES string of the molecule is Cc1cnc(NCC2CC3(CCN2C(=O)c2nc(C)sc2-c2ccccc2)CC3)nc1. The number of thiazole rings is 1. The number of hydrogen-bond acceptors (Lipinski definition) is 6. The number of nitrogens with zero attached hydrogens (tertiary/aromatic N) is 4. The largest absolute Gasteiger partial charge is 0.352 e. The number of aromatic nitrogens is 3. The van der Waals surface area contributed by atoms with E-state index in [2.05, 4.69) is 20.3 Å². The minimum Gasteiger partial charge on any atom is -0.352 e. The van der Waals surface area contributed by atoms with Crippen molar-refractivity contribution in [2.24, 2.45) is 5.41 Å². The number of rotatable bonds is 5. The first-order chi connectivity index (χ1) is 15.0. The van der Waals surface area contributed by atoms with Crippen LogP contribution in [0.5, 0.6) is 0 Å². The minimum atomic E-state index is 0.0373. The van der Waals surface area contributed by atoms with Crippen molar-refractivity contribution < 1.29 is 4.79 Å². The van der Waals surface area contributed by atoms with Gasteiger partial charge in [0, 0.05) is 31.5 Å². The first-order valence-corrected chi connectivity index (χ1v) is 11.7. The number of carbonyl (C=O) groups is 1. The molecule has 0 bridgehead atoms. The molecule has 2 aromatic heterocycles. The number of benzene rings is 1. The number of nitrogens with one attached hydrogen (secondary N) is 1. The third-order valence-electron chi connectivity index (χ3n) is 6.46. The Morgan fingerprint density at radius 3 is 2.61 bits per heavy atom. The molecule has 1 aromatic carbocycles. The van der Waals surface area contributed by atoms with Crippen molar-refractivity contribution in [1.29, 1.82) is 0 Å². The molecular weight excluding hydrogens is 406 g/mol. The fourth-order valence-corrected chi connectivity index (χ4v) is 5.44. The van der Waals surface area contributed by atoms with Gasteiger partial charge in [-0.2, -0.15) is 0 Å². The van der Waals surface area contributed by atoms with Crippen LogP contribution in [-0.2, 0) is 0 Å². The van der Waals surface area contributed by atoms with Crippen molar-refractivity contribution in [2.45, 2.75) is 45.6 Å². The van der Waals surface area contributed by atoms with E-state index in [1.807, 2.05) is 61.5 Å². The van der Waals surface area contributed by atoms with Gasteiger partial charge in [0.2, 0.25) is 5.95 Å². The Morgan fingerprint density at radius 2 is 1.90 bits per heavy atom. The van der Waals surface area contributed by atoms with Gasteiger partial charge >= 0.3 is 0 Å². The van der Waals surface area contributed by atoms with Crippen molar-refractivity contribution in [1.82, 2.24) is 19.9 Å². The Labute approximate surface area is 186 Å². The number of hydrogen-bond donors (Lipinski definition) is 1. The van der Waals surface area contributed by atoms with Crippen LogP contribution in [0.15, 0.2) is 42.7 Å². The summed E-state index contributed by atoms with van der Waals surface area (Å²) in [5, 5.41) is 4.28. The Hall–Kier alpha value is -2.80. The summed E-state index contributed by atoms with van der Waals surface area (Å²) < 4.78 is 0. The second-order valence-electron chi connectivity index (χ2n) is 8.85. The molecule has 160 valence electrons. The smallest absolute Gasteiger partial charge is 0.274 e. The van der Waals surface area contributed by atoms with E-state index in [1.54, 1.807) is 11.3 Å². The van der Waals surface area contributed by atoms with Gasteiger partial charge in [0.05, 0.1) is 9.88 Å². The van der Waals surface area contributed by atoms with E-state index in [1.165, 1.54) is 12.8 Å². The zero-order chi connectivity index (χ0) is 21.4. The summed E-state index contributed by atoms with van der Waals surface area (Å²) >= 11 is 1.59. The second kappa shape index (κ2) is 8.04. The van der Waals surface area contributed by atoms with Crippen LogP contribution in [0.4, 0.5) is 5.95 Å². The lowest BCUT2D eigenvalue weighted by atomic mass is 9.87. The van der Waals surface area contributed by atoms with E-state index < -0.39 is 0 Å². The number of amides is 1. The summed E-state index contributed by atoms with van der Waals surface area (Å²) in [6.45, 7) is 5.38. The molecule has 5 rings (SSSR count). The maximum absolute atomic E-state index is 13.7. The van der Waals surface area contributed by atoms with Crippen LogP contribution in [0, 0.1) is 19.3 Å². The minimum absolute atomic E-state index is 0.0373. The summed E-state index contributed by atoms with van der Waals surface area (Å²) in [6, 6.07) is 10.2. The van der Waals surface area contributed by atoms with Crippen LogP contribution in [-0.4, -0.2) is 44.9 Å². The lowest BCUT2D eigenvalue weighted by molar-refractivity contribution is 0.0541. The molecule has 1 unspecified atom stereocenters. The summed E-state index contributed by atoms with van der Waals surface area (Å²) in [7, 11) is 0. The van der Waals surface area contributed by atoms with Crippen LogP contribution in [0.3, 0.4) is 0 Å². The lowest BCUT2D eigenvalue weighted by Crippen LogP contribution is -2.50. The number of aryl methyl sites for hydroxylation is 2. The highest BCUT2D eigenvalue weighted by Gasteiger charge is 2.49. The molecule has 1 atom stereocenters. The fraction of sp³-hybridized carbons (Fsp3) is 0.417. The van der Waals surface area contributed by atoms with Gasteiger partial charge in [-0.15, -0.1) is 11.3 Å². The predicted octanol–water partition coefficient (Wildman–Crippen LogP) is 4.71. The molecule has 7 heteroatoms. The zero-order valence-corrected chi connectivity index (χ0v) is 18.8. The number of anilines is 1. The molecule has 2 fully saturated rings. The summed E-state index contributed by atoms with van der Waals surface area (Å²) in [5.74, 6) is 0.651. The van der Waals surface area contributed by atoms with Gasteiger partial charge in [-0.05, 0) is 56.1 Å². The molecule has 31 heavy (non-hydrogen) atoms. The molecular formula is C24H27N5OS. The van der Waals surface area contributed by atoms with Crippen molar-refractivity contribution in [3.05, 3.63) is 59.0 Å². The average Bonchev–Trinajstić information content (AvgIpc) is 3.42. The van der Waals surface area contributed by atoms with E-state index in [4.69, 9.17) is 0 Å². The van der Waals surface area contributed by atoms with Crippen molar-refractivity contribution >= 4 is 23.2 Å². The van der Waals surface area contributed by atoms with E-state index in [0.717, 1.165) is 40.4 Å². The standard InChI is InChI=1S/C24H27N5OS/c1-16-13-25-23(26-14-16)27-15-19-12-24(8-9-24)10-11-29(19)22(30)20-21(31-17(2)28-20)18-6-4-3-5-7-18/h3-7,13-14,19H,8-12,15H2,1-2H3,(H,25,26,27). The van der Waals surface area contributed by atoms with Gasteiger partial charge in [-0.3, -0.25) is 4.79 Å². The Morgan fingerprint density at radius 1 is 1.16 bits per heavy atom. The first kappa shape index (κ1) is 20.1. The van der Waals surface area contributed by atoms with E-state index in [0.29, 0.717) is 23.6 Å². The molecule has 2 aliphatic rings. The van der Waals surface area contributed by atoms with Crippen LogP contribution < -0.4 is 5.32 Å². The van der Waals surface area contributed by atoms with E-state index >= 15 is 0 Å². The highest BCUT2D eigenvalue weighted by Crippen LogP contribution is 2.55. The quantitative estimate of drug-likeness (QED) is 0.631. The van der Waals surface area contributed by atoms with Crippen LogP contribution in [0.1, 0.15) is 46.7 Å². The predicted molar refractivity (Wildman–Crippen MR) is 123 cm³/mol. The lowest BCUT2D eigenvalue weighted by Gasteiger charge is -2.40. The monoisotopic (exact) mass is 433 g/mol. The Bertz CT molecular complexity index is 1080. The maximum atomic E-state index is 13.7. The fourth-order valence-electron chi connectivity index (χ4n) is 4.52. The number of likely N-dealkylation sites (tertiary alicyclic amines) is 1. The topological polar surface area (TPSA) is 71.0 Å². The van der Waals surface area contributed by atoms with Crippen molar-refractivity contribution in [3.63, 3.8) is 0 Å². The van der Waals surface area contributed by atoms with Crippen LogP contribution in [0.25, 0.3) is 10.4 Å². The van der Waals surface area contributed by atoms with Gasteiger partial charge < -0.3 is 10.2 Å². The van der Waals surface area contributed by atoms with Gasteiger partial charge in [0.1, 0.15) is 5.69 Å². The van der Waals surface area contributed by atoms with Gasteiger partial charge in [0.25, 0.3) is 5.91 Å². The van der Waals surface area contributed by atoms with Gasteiger partial charge in [-0.1, -0.05) is 30.3 Å². The number of piperidine rings is 1. The Kier molecular flexibility index (Phi) is 5.22. The molecule has 3 aromatic rings. The summed E-state index contributed by atoms with van der Waals surface area (Å²) in [6.07, 6.45) is 8.29. The van der Waals surface area contributed by atoms with Crippen molar-refractivity contribution in [3.8, 4) is 10.4 Å². The summed E-state index contributed by atoms with van der Waals surface area (Å²) in [4.78, 5) is 30.1. The first-order valence-electron chi connectivity index (χ1n) is 10.9. The molecule has 1 saturated carbocycles. The van der Waals surface area contributed by atoms with Crippen LogP contribution >= 0.6 is 11.3 Å². The third kappa shape index (κ3) is 4.19. The average molecular weight is 434 g/mol. The highest BCUT2D eigenvalue weighted by molar-refractivity contribution is 7.15. The molecule has 1 aliphatic heterocycles. The Balaban J connectivity index is 1.39. The molecule has 1 saturated heterocycles. The molecule has 1 spiro atoms. The van der Waals surface area contributed by atoms with E-state index in [-0.39, 0.29) is 11.9 Å². The molecule has 6 nitrogen and oxygen atoms in total. The maximum Gasteiger partial charge on any atom is 0.274 e. The molecule has 1 aliphatic carbocycles. The van der Waals surface area contributed by atoms with Crippen molar-refractivity contribution in [2.75, 3.05) is 18.4 Å². The van der Waals surface area contributed by atoms with Gasteiger partial charge in [-0.25, -0.2) is 15.0 Å². The van der Waals surface area contributed by atoms with Gasteiger partial charge in [0.15, 0.2) is 0 Å². The molecule has 1 amide bonds. The molecule has 0 radical (unpaired) electrons. The zero-order valence-electron chi connectivity index (χ0n) is 18.0. The van der Waals surface area contributed by atoms with Crippen LogP contribution in [0.2, 0.25) is 0 Å².